The molecule has 4 aromatic rings. The first-order valence-electron chi connectivity index (χ1n) is 9.79. The van der Waals surface area contributed by atoms with Crippen molar-refractivity contribution in [2.24, 2.45) is 0 Å². The van der Waals surface area contributed by atoms with Crippen LogP contribution in [0.1, 0.15) is 0 Å². The minimum absolute atomic E-state index is 0.118. The fourth-order valence-corrected chi connectivity index (χ4v) is 3.89. The molecule has 0 unspecified atom stereocenters. The highest BCUT2D eigenvalue weighted by Crippen LogP contribution is 2.32. The lowest BCUT2D eigenvalue weighted by Gasteiger charge is -2.12. The number of alkyl halides is 3. The molecule has 0 aliphatic rings. The molecule has 0 bridgehead atoms. The van der Waals surface area contributed by atoms with Crippen molar-refractivity contribution in [3.63, 3.8) is 0 Å². The van der Waals surface area contributed by atoms with Crippen molar-refractivity contribution in [3.05, 3.63) is 99.6 Å². The molecule has 0 saturated carbocycles. The number of hydrogen-bond acceptors (Lipinski definition) is 0. The maximum absolute atomic E-state index is 14.8. The first kappa shape index (κ1) is 24.3. The Morgan fingerprint density at radius 1 is 0.529 bits per heavy atom. The number of rotatable bonds is 4. The van der Waals surface area contributed by atoms with Crippen LogP contribution >= 0.6 is 22.6 Å². The standard InChI is InChI=1S/C25H12BF7I/c27-20-9-14(13-1-5-17(34)6-2-13)3-7-18(20)15-4-8-19(21(28)10-15)16-11-22(29)24(23(30)12-16)26-25(31,32)33/h1-12H. The maximum Gasteiger partial charge on any atom is 0.344 e. The van der Waals surface area contributed by atoms with Crippen molar-refractivity contribution in [3.8, 4) is 33.4 Å². The minimum atomic E-state index is -4.92. The highest BCUT2D eigenvalue weighted by Gasteiger charge is 2.33. The molecule has 9 heteroatoms. The largest absolute Gasteiger partial charge is 0.344 e. The van der Waals surface area contributed by atoms with Crippen molar-refractivity contribution < 1.29 is 30.7 Å². The molecule has 1 radical (unpaired) electrons. The molecular weight excluding hydrogens is 571 g/mol. The average Bonchev–Trinajstić information content (AvgIpc) is 2.76. The zero-order chi connectivity index (χ0) is 24.6. The third-order valence-corrected chi connectivity index (χ3v) is 5.84. The molecule has 0 amide bonds. The minimum Gasteiger partial charge on any atom is -0.207 e. The average molecular weight is 583 g/mol. The second-order valence-corrected chi connectivity index (χ2v) is 8.68. The number of halogens is 8. The van der Waals surface area contributed by atoms with Crippen LogP contribution in [0.5, 0.6) is 0 Å². The molecule has 0 heterocycles. The van der Waals surface area contributed by atoms with Gasteiger partial charge in [-0.15, -0.1) is 0 Å². The molecule has 0 aliphatic heterocycles. The van der Waals surface area contributed by atoms with E-state index in [0.29, 0.717) is 17.7 Å². The van der Waals surface area contributed by atoms with Gasteiger partial charge in [0.1, 0.15) is 23.3 Å². The normalized spacial score (nSPS) is 11.5. The van der Waals surface area contributed by atoms with Crippen molar-refractivity contribution in [2.75, 3.05) is 0 Å². The van der Waals surface area contributed by atoms with Gasteiger partial charge in [-0.25, -0.2) is 17.6 Å². The topological polar surface area (TPSA) is 0 Å². The van der Waals surface area contributed by atoms with E-state index < -0.39 is 42.1 Å². The zero-order valence-corrected chi connectivity index (χ0v) is 19.2. The lowest BCUT2D eigenvalue weighted by molar-refractivity contribution is -0.0456. The number of hydrogen-bond donors (Lipinski definition) is 0. The van der Waals surface area contributed by atoms with Gasteiger partial charge in [0.05, 0.1) is 0 Å². The Labute approximate surface area is 204 Å². The molecule has 4 rings (SSSR count). The summed E-state index contributed by atoms with van der Waals surface area (Å²) >= 11 is 2.16. The summed E-state index contributed by atoms with van der Waals surface area (Å²) in [6.45, 7) is 0. The molecule has 0 aliphatic carbocycles. The zero-order valence-electron chi connectivity index (χ0n) is 17.0. The van der Waals surface area contributed by atoms with Crippen molar-refractivity contribution in [1.82, 2.24) is 0 Å². The van der Waals surface area contributed by atoms with Gasteiger partial charge in [0, 0.05) is 14.7 Å². The van der Waals surface area contributed by atoms with Gasteiger partial charge in [0.25, 0.3) is 7.28 Å². The van der Waals surface area contributed by atoms with Gasteiger partial charge >= 0.3 is 6.08 Å². The molecule has 0 N–H and O–H groups in total. The van der Waals surface area contributed by atoms with E-state index in [1.807, 2.05) is 24.3 Å². The van der Waals surface area contributed by atoms with Gasteiger partial charge in [-0.1, -0.05) is 36.4 Å². The van der Waals surface area contributed by atoms with Crippen LogP contribution in [-0.4, -0.2) is 13.4 Å². The lowest BCUT2D eigenvalue weighted by atomic mass is 9.68. The second-order valence-electron chi connectivity index (χ2n) is 7.44. The van der Waals surface area contributed by atoms with Gasteiger partial charge in [-0.05, 0) is 86.7 Å². The Kier molecular flexibility index (Phi) is 6.75. The molecular formula is C25H12BF7I. The summed E-state index contributed by atoms with van der Waals surface area (Å²) < 4.78 is 96.3. The smallest absolute Gasteiger partial charge is 0.207 e. The van der Waals surface area contributed by atoms with Crippen LogP contribution in [0.2, 0.25) is 0 Å². The third-order valence-electron chi connectivity index (χ3n) is 5.12. The summed E-state index contributed by atoms with van der Waals surface area (Å²) in [6, 6.07) is 16.8. The van der Waals surface area contributed by atoms with Crippen LogP contribution in [0.15, 0.2) is 72.8 Å². The van der Waals surface area contributed by atoms with E-state index in [9.17, 15) is 30.7 Å². The van der Waals surface area contributed by atoms with Gasteiger partial charge < -0.3 is 0 Å². The highest BCUT2D eigenvalue weighted by atomic mass is 127. The van der Waals surface area contributed by atoms with Crippen LogP contribution in [0, 0.1) is 26.8 Å². The first-order chi connectivity index (χ1) is 16.0. The summed E-state index contributed by atoms with van der Waals surface area (Å²) in [4.78, 5) is 0. The summed E-state index contributed by atoms with van der Waals surface area (Å²) in [5.41, 5.74) is -0.0327. The summed E-state index contributed by atoms with van der Waals surface area (Å²) in [6.07, 6.45) is -4.92. The SMILES string of the molecule is Fc1cc(-c2ccc(I)cc2)ccc1-c1ccc(-c2cc(F)c([B]C(F)(F)F)c(F)c2)c(F)c1. The predicted octanol–water partition coefficient (Wildman–Crippen LogP) is 7.70. The van der Waals surface area contributed by atoms with Crippen LogP contribution in [-0.2, 0) is 0 Å². The second kappa shape index (κ2) is 9.44. The van der Waals surface area contributed by atoms with Crippen LogP contribution < -0.4 is 5.46 Å². The molecule has 0 spiro atoms. The Hall–Kier alpha value is -2.82. The van der Waals surface area contributed by atoms with Gasteiger partial charge in [0.2, 0.25) is 0 Å². The van der Waals surface area contributed by atoms with Crippen LogP contribution in [0.25, 0.3) is 33.4 Å². The summed E-state index contributed by atoms with van der Waals surface area (Å²) in [7, 11) is -0.496. The van der Waals surface area contributed by atoms with E-state index in [2.05, 4.69) is 22.6 Å². The van der Waals surface area contributed by atoms with Crippen LogP contribution in [0.4, 0.5) is 30.7 Å². The fraction of sp³-hybridized carbons (Fsp3) is 0.0400. The lowest BCUT2D eigenvalue weighted by Crippen LogP contribution is -2.34. The molecule has 171 valence electrons. The predicted molar refractivity (Wildman–Crippen MR) is 127 cm³/mol. The Bertz CT molecular complexity index is 1340. The van der Waals surface area contributed by atoms with Crippen LogP contribution in [0.3, 0.4) is 0 Å². The third kappa shape index (κ3) is 5.29. The van der Waals surface area contributed by atoms with E-state index in [-0.39, 0.29) is 22.3 Å². The summed E-state index contributed by atoms with van der Waals surface area (Å²) in [5.74, 6) is -4.46. The van der Waals surface area contributed by atoms with Crippen molar-refractivity contribution in [1.29, 1.82) is 0 Å². The maximum atomic E-state index is 14.8. The van der Waals surface area contributed by atoms with E-state index in [1.54, 1.807) is 6.07 Å². The van der Waals surface area contributed by atoms with E-state index in [4.69, 9.17) is 0 Å². The number of benzene rings is 4. The first-order valence-corrected chi connectivity index (χ1v) is 10.9. The molecule has 4 aromatic carbocycles. The highest BCUT2D eigenvalue weighted by molar-refractivity contribution is 14.1. The molecule has 0 nitrogen and oxygen atoms in total. The fourth-order valence-electron chi connectivity index (χ4n) is 3.53. The molecule has 0 saturated heterocycles. The molecule has 0 fully saturated rings. The van der Waals surface area contributed by atoms with Gasteiger partial charge in [0.15, 0.2) is 0 Å². The quantitative estimate of drug-likeness (QED) is 0.131. The van der Waals surface area contributed by atoms with Crippen molar-refractivity contribution >= 4 is 35.3 Å². The Morgan fingerprint density at radius 2 is 0.971 bits per heavy atom. The Morgan fingerprint density at radius 3 is 1.50 bits per heavy atom. The molecule has 34 heavy (non-hydrogen) atoms. The van der Waals surface area contributed by atoms with E-state index >= 15 is 0 Å². The van der Waals surface area contributed by atoms with Crippen molar-refractivity contribution in [2.45, 2.75) is 6.08 Å². The summed E-state index contributed by atoms with van der Waals surface area (Å²) in [5, 5.41) is 0. The van der Waals surface area contributed by atoms with Gasteiger partial charge in [-0.2, -0.15) is 13.2 Å². The van der Waals surface area contributed by atoms with Gasteiger partial charge in [-0.3, -0.25) is 0 Å². The monoisotopic (exact) mass is 583 g/mol. The van der Waals surface area contributed by atoms with E-state index in [1.165, 1.54) is 24.3 Å². The molecule has 0 aromatic heterocycles. The van der Waals surface area contributed by atoms with E-state index in [0.717, 1.165) is 15.2 Å². The molecule has 0 atom stereocenters. The Balaban J connectivity index is 1.66.